The van der Waals surface area contributed by atoms with E-state index in [0.717, 1.165) is 25.1 Å². The molecule has 2 aromatic rings. The third-order valence-electron chi connectivity index (χ3n) is 4.67. The fraction of sp³-hybridized carbons (Fsp3) is 0.524. The zero-order valence-corrected chi connectivity index (χ0v) is 19.4. The predicted molar refractivity (Wildman–Crippen MR) is 119 cm³/mol. The molecule has 0 amide bonds. The number of hydrogen-bond donors (Lipinski definition) is 2. The van der Waals surface area contributed by atoms with Crippen molar-refractivity contribution in [1.29, 1.82) is 0 Å². The summed E-state index contributed by atoms with van der Waals surface area (Å²) in [6, 6.07) is 8.80. The van der Waals surface area contributed by atoms with Crippen molar-refractivity contribution in [3.63, 3.8) is 0 Å². The van der Waals surface area contributed by atoms with Crippen molar-refractivity contribution >= 4 is 21.2 Å². The number of halogens is 2. The average Bonchev–Trinajstić information content (AvgIpc) is 2.91. The van der Waals surface area contributed by atoms with Crippen LogP contribution in [0.3, 0.4) is 0 Å². The highest BCUT2D eigenvalue weighted by atomic mass is 32.2. The Morgan fingerprint density at radius 1 is 1.18 bits per heavy atom. The normalized spacial score (nSPS) is 12.6. The van der Waals surface area contributed by atoms with Crippen molar-refractivity contribution in [2.75, 3.05) is 13.6 Å². The van der Waals surface area contributed by atoms with E-state index in [9.17, 15) is 8.78 Å². The van der Waals surface area contributed by atoms with Gasteiger partial charge in [-0.15, -0.1) is 0 Å². The number of benzene rings is 1. The van der Waals surface area contributed by atoms with Gasteiger partial charge in [0.05, 0.1) is 0 Å². The van der Waals surface area contributed by atoms with E-state index < -0.39 is 5.66 Å². The van der Waals surface area contributed by atoms with E-state index in [2.05, 4.69) is 48.4 Å². The number of nitrogens with zero attached hydrogens (tertiary/aromatic N) is 1. The lowest BCUT2D eigenvalue weighted by atomic mass is 9.92. The van der Waals surface area contributed by atoms with E-state index in [1.807, 2.05) is 13.1 Å². The number of nitrogens with one attached hydrogen (secondary N) is 2. The van der Waals surface area contributed by atoms with Crippen molar-refractivity contribution in [2.45, 2.75) is 63.2 Å². The van der Waals surface area contributed by atoms with Crippen LogP contribution in [-0.2, 0) is 24.2 Å². The molecule has 0 aliphatic rings. The average molecular weight is 428 g/mol. The molecule has 1 unspecified atom stereocenters. The molecule has 0 spiro atoms. The molecule has 7 heteroatoms. The Morgan fingerprint density at radius 3 is 2.50 bits per heavy atom. The topological polar surface area (TPSA) is 29.0 Å². The third kappa shape index (κ3) is 6.28. The summed E-state index contributed by atoms with van der Waals surface area (Å²) >= 11 is 1.57. The first-order valence-electron chi connectivity index (χ1n) is 9.55. The zero-order chi connectivity index (χ0) is 20.9. The first-order valence-corrected chi connectivity index (χ1v) is 10.9. The van der Waals surface area contributed by atoms with E-state index in [1.54, 1.807) is 33.3 Å². The molecule has 0 radical (unpaired) electrons. The van der Waals surface area contributed by atoms with Gasteiger partial charge in [-0.3, -0.25) is 4.72 Å². The largest absolute Gasteiger partial charge is 0.347 e. The van der Waals surface area contributed by atoms with Gasteiger partial charge in [-0.1, -0.05) is 48.2 Å². The van der Waals surface area contributed by atoms with E-state index in [0.29, 0.717) is 6.54 Å². The summed E-state index contributed by atoms with van der Waals surface area (Å²) < 4.78 is 32.7. The molecule has 0 aliphatic carbocycles. The minimum Gasteiger partial charge on any atom is -0.347 e. The smallest absolute Gasteiger partial charge is 0.283 e. The van der Waals surface area contributed by atoms with Gasteiger partial charge in [-0.25, -0.2) is 0 Å². The van der Waals surface area contributed by atoms with Gasteiger partial charge in [-0.05, 0) is 56.6 Å². The van der Waals surface area contributed by atoms with Crippen molar-refractivity contribution in [3.05, 3.63) is 52.8 Å². The third-order valence-corrected chi connectivity index (χ3v) is 5.92. The van der Waals surface area contributed by atoms with Crippen LogP contribution in [0.5, 0.6) is 0 Å². The summed E-state index contributed by atoms with van der Waals surface area (Å²) in [6.45, 7) is 11.3. The molecule has 156 valence electrons. The number of aromatic nitrogens is 1. The first kappa shape index (κ1) is 23.3. The lowest BCUT2D eigenvalue weighted by Gasteiger charge is -2.22. The highest BCUT2D eigenvalue weighted by Crippen LogP contribution is 2.35. The highest BCUT2D eigenvalue weighted by Gasteiger charge is 2.24. The SMILES string of the molecule is CNCCCn1c(C(C)(C)C)cc(SNCc2cccc(C(F)(F)P)c2)c1C. The second kappa shape index (κ2) is 9.71. The molecular weight excluding hydrogens is 395 g/mol. The van der Waals surface area contributed by atoms with Gasteiger partial charge in [0.2, 0.25) is 0 Å². The molecule has 2 N–H and O–H groups in total. The molecule has 3 nitrogen and oxygen atoms in total. The van der Waals surface area contributed by atoms with Crippen LogP contribution >= 0.6 is 21.2 Å². The van der Waals surface area contributed by atoms with Crippen LogP contribution in [0.4, 0.5) is 8.78 Å². The Morgan fingerprint density at radius 2 is 1.89 bits per heavy atom. The second-order valence-corrected chi connectivity index (χ2v) is 9.74. The van der Waals surface area contributed by atoms with Crippen LogP contribution in [0.1, 0.15) is 49.7 Å². The van der Waals surface area contributed by atoms with E-state index in [4.69, 9.17) is 0 Å². The van der Waals surface area contributed by atoms with Gasteiger partial charge in [0, 0.05) is 40.4 Å². The monoisotopic (exact) mass is 427 g/mol. The first-order chi connectivity index (χ1) is 13.0. The maximum Gasteiger partial charge on any atom is 0.283 e. The molecule has 0 bridgehead atoms. The fourth-order valence-electron chi connectivity index (χ4n) is 3.13. The minimum atomic E-state index is -2.90. The van der Waals surface area contributed by atoms with Crippen LogP contribution < -0.4 is 10.0 Å². The molecule has 0 saturated heterocycles. The number of alkyl halides is 2. The number of rotatable bonds is 9. The fourth-order valence-corrected chi connectivity index (χ4v) is 4.14. The summed E-state index contributed by atoms with van der Waals surface area (Å²) in [5, 5.41) is 3.20. The van der Waals surface area contributed by atoms with Crippen molar-refractivity contribution in [1.82, 2.24) is 14.6 Å². The lowest BCUT2D eigenvalue weighted by Crippen LogP contribution is -2.20. The van der Waals surface area contributed by atoms with Crippen LogP contribution in [-0.4, -0.2) is 18.2 Å². The van der Waals surface area contributed by atoms with Crippen molar-refractivity contribution in [2.24, 2.45) is 0 Å². The standard InChI is InChI=1S/C21H32F2N3PS/c1-15-18(13-19(20(2,3)4)26(15)11-7-10-24-5)28-25-14-16-8-6-9-17(12-16)21(22,23)27/h6,8-9,12-13,24-25H,7,10-11,14,27H2,1-5H3. The van der Waals surface area contributed by atoms with Gasteiger partial charge < -0.3 is 9.88 Å². The minimum absolute atomic E-state index is 0.0173. The number of hydrogen-bond acceptors (Lipinski definition) is 3. The Hall–Kier alpha value is -0.940. The molecule has 28 heavy (non-hydrogen) atoms. The van der Waals surface area contributed by atoms with Gasteiger partial charge >= 0.3 is 0 Å². The second-order valence-electron chi connectivity index (χ2n) is 8.08. The summed E-state index contributed by atoms with van der Waals surface area (Å²) in [4.78, 5) is 1.18. The summed E-state index contributed by atoms with van der Waals surface area (Å²) in [5.74, 6) is 0. The van der Waals surface area contributed by atoms with Crippen molar-refractivity contribution < 1.29 is 8.78 Å². The van der Waals surface area contributed by atoms with Crippen LogP contribution in [0.2, 0.25) is 0 Å². The Kier molecular flexibility index (Phi) is 8.09. The van der Waals surface area contributed by atoms with Gasteiger partial charge in [0.25, 0.3) is 5.66 Å². The quantitative estimate of drug-likeness (QED) is 0.318. The molecular formula is C21H32F2N3PS. The Labute approximate surface area is 174 Å². The van der Waals surface area contributed by atoms with Crippen molar-refractivity contribution in [3.8, 4) is 0 Å². The molecule has 2 rings (SSSR count). The summed E-state index contributed by atoms with van der Waals surface area (Å²) in [7, 11) is 3.57. The van der Waals surface area contributed by atoms with E-state index in [1.165, 1.54) is 22.3 Å². The lowest BCUT2D eigenvalue weighted by molar-refractivity contribution is 0.104. The Bertz CT molecular complexity index is 779. The summed E-state index contributed by atoms with van der Waals surface area (Å²) in [6.07, 6.45) is 1.07. The summed E-state index contributed by atoms with van der Waals surface area (Å²) in [5.41, 5.74) is 0.574. The molecule has 1 aromatic carbocycles. The predicted octanol–water partition coefficient (Wildman–Crippen LogP) is 5.42. The van der Waals surface area contributed by atoms with E-state index >= 15 is 0 Å². The van der Waals surface area contributed by atoms with Gasteiger partial charge in [0.1, 0.15) is 0 Å². The molecule has 0 saturated carbocycles. The molecule has 1 aromatic heterocycles. The maximum atomic E-state index is 13.5. The van der Waals surface area contributed by atoms with Crippen LogP contribution in [0, 0.1) is 6.92 Å². The van der Waals surface area contributed by atoms with Gasteiger partial charge in [0.15, 0.2) is 0 Å². The molecule has 0 aliphatic heterocycles. The molecule has 1 heterocycles. The maximum absolute atomic E-state index is 13.5. The zero-order valence-electron chi connectivity index (χ0n) is 17.4. The highest BCUT2D eigenvalue weighted by molar-refractivity contribution is 7.97. The van der Waals surface area contributed by atoms with Crippen LogP contribution in [0.25, 0.3) is 0 Å². The Balaban J connectivity index is 2.10. The van der Waals surface area contributed by atoms with E-state index in [-0.39, 0.29) is 11.0 Å². The van der Waals surface area contributed by atoms with Crippen LogP contribution in [0.15, 0.2) is 35.2 Å². The molecule has 0 fully saturated rings. The molecule has 1 atom stereocenters. The van der Waals surface area contributed by atoms with Gasteiger partial charge in [-0.2, -0.15) is 8.78 Å².